The summed E-state index contributed by atoms with van der Waals surface area (Å²) in [5, 5.41) is 10.1. The van der Waals surface area contributed by atoms with Crippen LogP contribution in [0.4, 0.5) is 0 Å². The van der Waals surface area contributed by atoms with E-state index >= 15 is 0 Å². The van der Waals surface area contributed by atoms with Crippen molar-refractivity contribution in [3.8, 4) is 0 Å². The lowest BCUT2D eigenvalue weighted by atomic mass is 10.1. The topological polar surface area (TPSA) is 37.3 Å². The second-order valence-electron chi connectivity index (χ2n) is 4.59. The molecule has 0 radical (unpaired) electrons. The summed E-state index contributed by atoms with van der Waals surface area (Å²) in [5.41, 5.74) is 1.16. The molecule has 104 valence electrons. The molecule has 0 aliphatic heterocycles. The fourth-order valence-corrected chi connectivity index (χ4v) is 3.00. The summed E-state index contributed by atoms with van der Waals surface area (Å²) in [7, 11) is -1.36. The molecule has 0 bridgehead atoms. The van der Waals surface area contributed by atoms with Gasteiger partial charge in [0.2, 0.25) is 0 Å². The molecule has 0 saturated heterocycles. The molecule has 2 aromatic carbocycles. The Morgan fingerprint density at radius 3 is 2.20 bits per heavy atom. The first-order valence-corrected chi connectivity index (χ1v) is 7.71. The first-order valence-electron chi connectivity index (χ1n) is 6.56. The number of aliphatic hydroxyl groups is 1. The van der Waals surface area contributed by atoms with E-state index < -0.39 is 16.9 Å². The molecule has 0 aliphatic carbocycles. The monoisotopic (exact) mass is 286 g/mol. The number of benzene rings is 2. The van der Waals surface area contributed by atoms with E-state index in [1.165, 1.54) is 0 Å². The minimum absolute atomic E-state index is 0.368. The van der Waals surface area contributed by atoms with Gasteiger partial charge >= 0.3 is 0 Å². The maximum atomic E-state index is 12.2. The zero-order chi connectivity index (χ0) is 14.4. The highest BCUT2D eigenvalue weighted by molar-refractivity contribution is 7.89. The van der Waals surface area contributed by atoms with Gasteiger partial charge in [0, 0.05) is 9.80 Å². The molecule has 2 nitrogen and oxygen atoms in total. The second kappa shape index (κ2) is 7.17. The Kier molecular flexibility index (Phi) is 5.27. The summed E-state index contributed by atoms with van der Waals surface area (Å²) in [6.45, 7) is 3.79. The Morgan fingerprint density at radius 2 is 1.60 bits per heavy atom. The number of aliphatic hydroxyl groups excluding tert-OH is 1. The minimum atomic E-state index is -1.36. The Morgan fingerprint density at radius 1 is 1.05 bits per heavy atom. The molecule has 2 aromatic rings. The van der Waals surface area contributed by atoms with Crippen molar-refractivity contribution in [1.29, 1.82) is 0 Å². The van der Waals surface area contributed by atoms with Crippen molar-refractivity contribution < 1.29 is 9.32 Å². The van der Waals surface area contributed by atoms with Gasteiger partial charge in [0.15, 0.2) is 0 Å². The van der Waals surface area contributed by atoms with Crippen LogP contribution in [0.15, 0.2) is 77.0 Å². The Labute approximate surface area is 122 Å². The van der Waals surface area contributed by atoms with Gasteiger partial charge < -0.3 is 5.11 Å². The predicted octanol–water partition coefficient (Wildman–Crippen LogP) is 3.30. The molecule has 2 atom stereocenters. The van der Waals surface area contributed by atoms with E-state index in [1.807, 2.05) is 48.5 Å². The molecule has 0 saturated carbocycles. The predicted molar refractivity (Wildman–Crippen MR) is 82.8 cm³/mol. The van der Waals surface area contributed by atoms with E-state index in [2.05, 4.69) is 6.58 Å². The average Bonchev–Trinajstić information content (AvgIpc) is 2.53. The van der Waals surface area contributed by atoms with Crippen LogP contribution in [-0.4, -0.2) is 15.4 Å². The fraction of sp³-hybridized carbons (Fsp3) is 0.176. The maximum Gasteiger partial charge on any atom is 0.0874 e. The normalized spacial score (nSPS) is 13.7. The van der Waals surface area contributed by atoms with Gasteiger partial charge in [-0.25, -0.2) is 4.21 Å². The highest BCUT2D eigenvalue weighted by Crippen LogP contribution is 2.18. The van der Waals surface area contributed by atoms with Gasteiger partial charge in [0.1, 0.15) is 0 Å². The van der Waals surface area contributed by atoms with Crippen LogP contribution in [0.2, 0.25) is 0 Å². The van der Waals surface area contributed by atoms with Gasteiger partial charge in [-0.3, -0.25) is 0 Å². The molecule has 0 aromatic heterocycles. The summed E-state index contributed by atoms with van der Waals surface area (Å²) in [6, 6.07) is 19.0. The molecule has 2 rings (SSSR count). The molecular formula is C17H18O2S. The molecule has 0 spiro atoms. The third kappa shape index (κ3) is 3.89. The smallest absolute Gasteiger partial charge is 0.0874 e. The van der Waals surface area contributed by atoms with Crippen LogP contribution in [0, 0.1) is 0 Å². The summed E-state index contributed by atoms with van der Waals surface area (Å²) >= 11 is 0. The molecule has 0 aliphatic rings. The number of aryl methyl sites for hydroxylation is 1. The zero-order valence-corrected chi connectivity index (χ0v) is 12.1. The van der Waals surface area contributed by atoms with Gasteiger partial charge in [-0.15, -0.1) is 0 Å². The zero-order valence-electron chi connectivity index (χ0n) is 11.2. The number of rotatable bonds is 6. The van der Waals surface area contributed by atoms with Crippen molar-refractivity contribution in [2.75, 3.05) is 0 Å². The van der Waals surface area contributed by atoms with Crippen molar-refractivity contribution in [3.05, 3.63) is 77.7 Å². The Hall–Kier alpha value is -1.71. The SMILES string of the molecule is C=C(C(O)CCc1ccccc1)S(=O)c1ccccc1. The lowest BCUT2D eigenvalue weighted by Crippen LogP contribution is -2.14. The van der Waals surface area contributed by atoms with Crippen molar-refractivity contribution in [2.45, 2.75) is 23.8 Å². The summed E-state index contributed by atoms with van der Waals surface area (Å²) < 4.78 is 12.2. The third-order valence-electron chi connectivity index (χ3n) is 3.12. The van der Waals surface area contributed by atoms with E-state index in [0.29, 0.717) is 16.2 Å². The van der Waals surface area contributed by atoms with Gasteiger partial charge in [-0.05, 0) is 30.5 Å². The third-order valence-corrected chi connectivity index (χ3v) is 4.57. The molecule has 0 heterocycles. The van der Waals surface area contributed by atoms with Gasteiger partial charge in [-0.1, -0.05) is 55.1 Å². The van der Waals surface area contributed by atoms with E-state index in [-0.39, 0.29) is 0 Å². The fourth-order valence-electron chi connectivity index (χ4n) is 1.93. The van der Waals surface area contributed by atoms with Crippen LogP contribution in [0.3, 0.4) is 0 Å². The van der Waals surface area contributed by atoms with Crippen LogP contribution in [0.1, 0.15) is 12.0 Å². The summed E-state index contributed by atoms with van der Waals surface area (Å²) in [5.74, 6) is 0. The molecule has 3 heteroatoms. The Bertz CT molecular complexity index is 578. The molecular weight excluding hydrogens is 268 g/mol. The summed E-state index contributed by atoms with van der Waals surface area (Å²) in [6.07, 6.45) is 0.519. The standard InChI is InChI=1S/C17H18O2S/c1-14(20(19)16-10-6-3-7-11-16)17(18)13-12-15-8-4-2-5-9-15/h2-11,17-18H,1,12-13H2. The molecule has 2 unspecified atom stereocenters. The van der Waals surface area contributed by atoms with Gasteiger partial charge in [0.25, 0.3) is 0 Å². The minimum Gasteiger partial charge on any atom is -0.388 e. The maximum absolute atomic E-state index is 12.2. The number of hydrogen-bond donors (Lipinski definition) is 1. The highest BCUT2D eigenvalue weighted by Gasteiger charge is 2.16. The van der Waals surface area contributed by atoms with Crippen LogP contribution in [0.25, 0.3) is 0 Å². The Balaban J connectivity index is 1.94. The lowest BCUT2D eigenvalue weighted by molar-refractivity contribution is 0.209. The van der Waals surface area contributed by atoms with Gasteiger partial charge in [0.05, 0.1) is 16.9 Å². The van der Waals surface area contributed by atoms with Crippen molar-refractivity contribution in [1.82, 2.24) is 0 Å². The van der Waals surface area contributed by atoms with Crippen LogP contribution in [-0.2, 0) is 17.2 Å². The number of hydrogen-bond acceptors (Lipinski definition) is 2. The average molecular weight is 286 g/mol. The van der Waals surface area contributed by atoms with E-state index in [4.69, 9.17) is 0 Å². The van der Waals surface area contributed by atoms with Crippen LogP contribution < -0.4 is 0 Å². The van der Waals surface area contributed by atoms with E-state index in [9.17, 15) is 9.32 Å². The van der Waals surface area contributed by atoms with Crippen LogP contribution in [0.5, 0.6) is 0 Å². The van der Waals surface area contributed by atoms with Crippen molar-refractivity contribution in [2.24, 2.45) is 0 Å². The van der Waals surface area contributed by atoms with Gasteiger partial charge in [-0.2, -0.15) is 0 Å². The highest BCUT2D eigenvalue weighted by atomic mass is 32.2. The van der Waals surface area contributed by atoms with E-state index in [0.717, 1.165) is 12.0 Å². The van der Waals surface area contributed by atoms with Crippen molar-refractivity contribution in [3.63, 3.8) is 0 Å². The largest absolute Gasteiger partial charge is 0.388 e. The molecule has 0 fully saturated rings. The molecule has 20 heavy (non-hydrogen) atoms. The lowest BCUT2D eigenvalue weighted by Gasteiger charge is -2.13. The molecule has 1 N–H and O–H groups in total. The van der Waals surface area contributed by atoms with E-state index in [1.54, 1.807) is 12.1 Å². The van der Waals surface area contributed by atoms with Crippen LogP contribution >= 0.6 is 0 Å². The quantitative estimate of drug-likeness (QED) is 0.884. The first-order chi connectivity index (χ1) is 9.68. The summed E-state index contributed by atoms with van der Waals surface area (Å²) in [4.78, 5) is 1.04. The first kappa shape index (κ1) is 14.7. The molecule has 0 amide bonds. The second-order valence-corrected chi connectivity index (χ2v) is 6.12. The van der Waals surface area contributed by atoms with Crippen molar-refractivity contribution >= 4 is 10.8 Å².